The highest BCUT2D eigenvalue weighted by Crippen LogP contribution is 2.36. The van der Waals surface area contributed by atoms with Crippen LogP contribution in [-0.2, 0) is 0 Å². The van der Waals surface area contributed by atoms with E-state index in [2.05, 4.69) is 5.32 Å². The lowest BCUT2D eigenvalue weighted by atomic mass is 10.1. The van der Waals surface area contributed by atoms with Crippen molar-refractivity contribution in [1.29, 1.82) is 0 Å². The van der Waals surface area contributed by atoms with Gasteiger partial charge >= 0.3 is 0 Å². The summed E-state index contributed by atoms with van der Waals surface area (Å²) in [6.45, 7) is 3.56. The van der Waals surface area contributed by atoms with Gasteiger partial charge in [-0.3, -0.25) is 25.0 Å². The average Bonchev–Trinajstić information content (AvgIpc) is 2.37. The smallest absolute Gasteiger partial charge is 0.300 e. The fraction of sp³-hybridized carbons (Fsp3) is 0.364. The minimum Gasteiger partial charge on any atom is -0.371 e. The van der Waals surface area contributed by atoms with E-state index in [9.17, 15) is 25.0 Å². The largest absolute Gasteiger partial charge is 0.371 e. The number of rotatable bonds is 6. The number of carbonyl (C=O) groups is 1. The van der Waals surface area contributed by atoms with Crippen LogP contribution < -0.4 is 5.32 Å². The first kappa shape index (κ1) is 15.8. The number of nitro benzene ring substituents is 2. The summed E-state index contributed by atoms with van der Waals surface area (Å²) in [4.78, 5) is 31.6. The lowest BCUT2D eigenvalue weighted by molar-refractivity contribution is -0.392. The molecule has 20 heavy (non-hydrogen) atoms. The highest BCUT2D eigenvalue weighted by atomic mass is 35.5. The van der Waals surface area contributed by atoms with E-state index in [0.717, 1.165) is 12.1 Å². The number of benzene rings is 1. The Hall–Kier alpha value is -2.22. The quantitative estimate of drug-likeness (QED) is 0.490. The van der Waals surface area contributed by atoms with Crippen molar-refractivity contribution in [3.8, 4) is 0 Å². The van der Waals surface area contributed by atoms with Crippen LogP contribution in [0.15, 0.2) is 12.1 Å². The van der Waals surface area contributed by atoms with E-state index in [-0.39, 0.29) is 17.3 Å². The molecule has 0 spiro atoms. The number of hydrogen-bond donors (Lipinski definition) is 1. The summed E-state index contributed by atoms with van der Waals surface area (Å²) >= 11 is 5.24. The van der Waals surface area contributed by atoms with Crippen LogP contribution >= 0.6 is 11.6 Å². The van der Waals surface area contributed by atoms with Crippen molar-refractivity contribution in [2.75, 3.05) is 5.32 Å². The Balaban J connectivity index is 3.55. The summed E-state index contributed by atoms with van der Waals surface area (Å²) in [6, 6.07) is 1.64. The first-order chi connectivity index (χ1) is 9.27. The molecule has 1 atom stereocenters. The number of nitrogens with zero attached hydrogens (tertiary/aromatic N) is 2. The third kappa shape index (κ3) is 3.41. The summed E-state index contributed by atoms with van der Waals surface area (Å²) < 4.78 is 0. The van der Waals surface area contributed by atoms with Gasteiger partial charge in [0.25, 0.3) is 16.6 Å². The van der Waals surface area contributed by atoms with Gasteiger partial charge in [-0.15, -0.1) is 0 Å². The average molecular weight is 302 g/mol. The molecule has 0 saturated heterocycles. The molecule has 1 aromatic carbocycles. The van der Waals surface area contributed by atoms with Crippen molar-refractivity contribution in [1.82, 2.24) is 0 Å². The van der Waals surface area contributed by atoms with Gasteiger partial charge in [-0.25, -0.2) is 0 Å². The maximum atomic E-state index is 11.1. The van der Waals surface area contributed by atoms with Gasteiger partial charge < -0.3 is 5.32 Å². The number of hydrogen-bond acceptors (Lipinski definition) is 6. The first-order valence-corrected chi connectivity index (χ1v) is 6.08. The van der Waals surface area contributed by atoms with Crippen LogP contribution in [0.5, 0.6) is 0 Å². The van der Waals surface area contributed by atoms with E-state index in [1.54, 1.807) is 6.92 Å². The molecule has 0 heterocycles. The van der Waals surface area contributed by atoms with Gasteiger partial charge in [-0.1, -0.05) is 6.92 Å². The maximum absolute atomic E-state index is 11.1. The van der Waals surface area contributed by atoms with Gasteiger partial charge in [0.05, 0.1) is 9.85 Å². The Labute approximate surface area is 119 Å². The molecule has 108 valence electrons. The third-order valence-electron chi connectivity index (χ3n) is 2.72. The second-order valence-corrected chi connectivity index (χ2v) is 4.47. The first-order valence-electron chi connectivity index (χ1n) is 5.71. The number of nitro groups is 2. The zero-order valence-electron chi connectivity index (χ0n) is 10.8. The molecule has 0 radical (unpaired) electrons. The molecule has 0 aliphatic carbocycles. The van der Waals surface area contributed by atoms with E-state index in [1.807, 2.05) is 6.92 Å². The zero-order chi connectivity index (χ0) is 15.4. The molecule has 9 heteroatoms. The molecule has 0 bridgehead atoms. The van der Waals surface area contributed by atoms with Crippen LogP contribution in [-0.4, -0.2) is 21.1 Å². The van der Waals surface area contributed by atoms with E-state index in [1.165, 1.54) is 0 Å². The molecule has 1 aromatic rings. The summed E-state index contributed by atoms with van der Waals surface area (Å²) in [7, 11) is 0. The fourth-order valence-corrected chi connectivity index (χ4v) is 1.62. The molecule has 0 aliphatic heterocycles. The highest BCUT2D eigenvalue weighted by Gasteiger charge is 2.28. The Morgan fingerprint density at radius 2 is 1.75 bits per heavy atom. The van der Waals surface area contributed by atoms with Crippen LogP contribution in [0.1, 0.15) is 30.6 Å². The lowest BCUT2D eigenvalue weighted by Gasteiger charge is -2.13. The van der Waals surface area contributed by atoms with Crippen molar-refractivity contribution in [3.05, 3.63) is 37.9 Å². The maximum Gasteiger partial charge on any atom is 0.300 e. The van der Waals surface area contributed by atoms with Crippen molar-refractivity contribution in [2.24, 2.45) is 0 Å². The van der Waals surface area contributed by atoms with E-state index in [0.29, 0.717) is 6.42 Å². The summed E-state index contributed by atoms with van der Waals surface area (Å²) in [5.41, 5.74) is -1.62. The summed E-state index contributed by atoms with van der Waals surface area (Å²) in [6.07, 6.45) is 0.616. The van der Waals surface area contributed by atoms with E-state index in [4.69, 9.17) is 11.6 Å². The fourth-order valence-electron chi connectivity index (χ4n) is 1.51. The molecule has 0 fully saturated rings. The molecular weight excluding hydrogens is 290 g/mol. The van der Waals surface area contributed by atoms with Gasteiger partial charge in [0.2, 0.25) is 0 Å². The molecular formula is C11H12ClN3O5. The number of nitrogens with one attached hydrogen (secondary N) is 1. The van der Waals surface area contributed by atoms with Crippen molar-refractivity contribution >= 4 is 33.9 Å². The Kier molecular flexibility index (Phi) is 4.98. The minimum atomic E-state index is -0.994. The van der Waals surface area contributed by atoms with Crippen LogP contribution in [0.4, 0.5) is 17.1 Å². The van der Waals surface area contributed by atoms with Crippen molar-refractivity contribution in [2.45, 2.75) is 26.3 Å². The Bertz CT molecular complexity index is 540. The van der Waals surface area contributed by atoms with Gasteiger partial charge in [-0.2, -0.15) is 0 Å². The standard InChI is InChI=1S/C11H12ClN3O5/c1-3-6(2)13-10-8(14(17)18)4-7(11(12)16)5-9(10)15(19)20/h4-6,13H,3H2,1-2H3. The summed E-state index contributed by atoms with van der Waals surface area (Å²) in [5.74, 6) is 0. The van der Waals surface area contributed by atoms with Crippen LogP contribution in [0.25, 0.3) is 0 Å². The van der Waals surface area contributed by atoms with E-state index < -0.39 is 26.5 Å². The molecule has 0 amide bonds. The Morgan fingerprint density at radius 3 is 2.05 bits per heavy atom. The molecule has 0 saturated carbocycles. The van der Waals surface area contributed by atoms with Gasteiger partial charge in [0.1, 0.15) is 0 Å². The normalized spacial score (nSPS) is 11.8. The van der Waals surface area contributed by atoms with Gasteiger partial charge in [0, 0.05) is 23.7 Å². The van der Waals surface area contributed by atoms with Gasteiger partial charge in [-0.05, 0) is 24.9 Å². The summed E-state index contributed by atoms with van der Waals surface area (Å²) in [5, 5.41) is 23.8. The Morgan fingerprint density at radius 1 is 1.30 bits per heavy atom. The molecule has 1 rings (SSSR count). The predicted molar refractivity (Wildman–Crippen MR) is 73.3 cm³/mol. The second-order valence-electron chi connectivity index (χ2n) is 4.13. The topological polar surface area (TPSA) is 115 Å². The molecule has 1 unspecified atom stereocenters. The molecule has 1 N–H and O–H groups in total. The number of anilines is 1. The third-order valence-corrected chi connectivity index (χ3v) is 2.94. The molecule has 0 aromatic heterocycles. The van der Waals surface area contributed by atoms with Gasteiger partial charge in [0.15, 0.2) is 5.69 Å². The highest BCUT2D eigenvalue weighted by molar-refractivity contribution is 6.67. The monoisotopic (exact) mass is 301 g/mol. The van der Waals surface area contributed by atoms with Crippen molar-refractivity contribution < 1.29 is 14.6 Å². The second kappa shape index (κ2) is 6.29. The lowest BCUT2D eigenvalue weighted by Crippen LogP contribution is -2.16. The zero-order valence-corrected chi connectivity index (χ0v) is 11.5. The van der Waals surface area contributed by atoms with E-state index >= 15 is 0 Å². The predicted octanol–water partition coefficient (Wildman–Crippen LogP) is 3.09. The minimum absolute atomic E-state index is 0.204. The van der Waals surface area contributed by atoms with Crippen LogP contribution in [0, 0.1) is 20.2 Å². The SMILES string of the molecule is CCC(C)Nc1c([N+](=O)[O-])cc(C(=O)Cl)cc1[N+](=O)[O-]. The number of halogens is 1. The number of carbonyl (C=O) groups excluding carboxylic acids is 1. The van der Waals surface area contributed by atoms with Crippen molar-refractivity contribution in [3.63, 3.8) is 0 Å². The molecule has 0 aliphatic rings. The van der Waals surface area contributed by atoms with Crippen LogP contribution in [0.2, 0.25) is 0 Å². The van der Waals surface area contributed by atoms with Crippen LogP contribution in [0.3, 0.4) is 0 Å². The molecule has 8 nitrogen and oxygen atoms in total.